The standard InChI is InChI=1S/C7H17O12P3/c1-5-3-6(8)7(17-5)4-16-22(14,15-2)19-21(12,13)18-20(9,10)11/h5-8H,3-4H2,1-2H3,(H,12,13)(H2,9,10,11)/p-3/t5-,6+,7+,22?/m0/s1. The van der Waals surface area contributed by atoms with E-state index in [9.17, 15) is 33.5 Å². The fourth-order valence-electron chi connectivity index (χ4n) is 1.62. The Morgan fingerprint density at radius 2 is 1.82 bits per heavy atom. The van der Waals surface area contributed by atoms with Gasteiger partial charge in [0.1, 0.15) is 6.10 Å². The molecule has 0 spiro atoms. The van der Waals surface area contributed by atoms with Gasteiger partial charge in [-0.2, -0.15) is 0 Å². The van der Waals surface area contributed by atoms with E-state index in [-0.39, 0.29) is 12.5 Å². The van der Waals surface area contributed by atoms with Crippen LogP contribution in [0, 0.1) is 0 Å². The van der Waals surface area contributed by atoms with Crippen molar-refractivity contribution in [3.63, 3.8) is 0 Å². The molecule has 132 valence electrons. The van der Waals surface area contributed by atoms with Gasteiger partial charge in [-0.3, -0.25) is 17.9 Å². The molecule has 0 aliphatic carbocycles. The fraction of sp³-hybridized carbons (Fsp3) is 1.00. The summed E-state index contributed by atoms with van der Waals surface area (Å²) in [6, 6.07) is 0. The second kappa shape index (κ2) is 7.48. The van der Waals surface area contributed by atoms with Gasteiger partial charge in [0.15, 0.2) is 0 Å². The number of hydrogen-bond acceptors (Lipinski definition) is 12. The Morgan fingerprint density at radius 3 is 2.23 bits per heavy atom. The van der Waals surface area contributed by atoms with Crippen LogP contribution < -0.4 is 14.7 Å². The largest absolute Gasteiger partial charge is 0.790 e. The first-order chi connectivity index (χ1) is 9.86. The number of phosphoric acid groups is 3. The number of ether oxygens (including phenoxy) is 1. The van der Waals surface area contributed by atoms with Gasteiger partial charge in [-0.05, 0) is 6.92 Å². The molecule has 1 N–H and O–H groups in total. The van der Waals surface area contributed by atoms with Crippen LogP contribution in [0.15, 0.2) is 0 Å². The molecule has 1 aliphatic rings. The minimum Gasteiger partial charge on any atom is -0.790 e. The summed E-state index contributed by atoms with van der Waals surface area (Å²) < 4.78 is 54.3. The second-order valence-electron chi connectivity index (χ2n) is 4.27. The van der Waals surface area contributed by atoms with Gasteiger partial charge in [0.25, 0.3) is 7.82 Å². The van der Waals surface area contributed by atoms with E-state index < -0.39 is 42.3 Å². The Bertz CT molecular complexity index is 515. The van der Waals surface area contributed by atoms with Crippen LogP contribution in [0.1, 0.15) is 13.3 Å². The maximum atomic E-state index is 11.9. The Labute approximate surface area is 125 Å². The van der Waals surface area contributed by atoms with Gasteiger partial charge in [-0.1, -0.05) is 0 Å². The van der Waals surface area contributed by atoms with Crippen LogP contribution in [0.4, 0.5) is 0 Å². The van der Waals surface area contributed by atoms with E-state index in [1.165, 1.54) is 0 Å². The van der Waals surface area contributed by atoms with Crippen LogP contribution in [-0.4, -0.2) is 37.1 Å². The summed E-state index contributed by atoms with van der Waals surface area (Å²) in [5.41, 5.74) is 0. The van der Waals surface area contributed by atoms with Gasteiger partial charge < -0.3 is 29.1 Å². The molecule has 2 unspecified atom stereocenters. The highest BCUT2D eigenvalue weighted by atomic mass is 31.3. The lowest BCUT2D eigenvalue weighted by Crippen LogP contribution is -2.26. The molecule has 12 nitrogen and oxygen atoms in total. The summed E-state index contributed by atoms with van der Waals surface area (Å²) in [4.78, 5) is 31.6. The van der Waals surface area contributed by atoms with Crippen LogP contribution in [0.3, 0.4) is 0 Å². The van der Waals surface area contributed by atoms with Crippen molar-refractivity contribution >= 4 is 23.5 Å². The van der Waals surface area contributed by atoms with Gasteiger partial charge >= 0.3 is 7.82 Å². The number of rotatable bonds is 8. The molecule has 0 saturated carbocycles. The first-order valence-corrected chi connectivity index (χ1v) is 10.1. The molecule has 0 aromatic carbocycles. The molecule has 1 rings (SSSR count). The highest BCUT2D eigenvalue weighted by molar-refractivity contribution is 7.65. The number of aliphatic hydroxyl groups is 1. The summed E-state index contributed by atoms with van der Waals surface area (Å²) in [5, 5.41) is 9.58. The molecule has 0 amide bonds. The van der Waals surface area contributed by atoms with Gasteiger partial charge in [0.05, 0.1) is 26.6 Å². The first-order valence-electron chi connectivity index (χ1n) is 5.75. The number of aliphatic hydroxyl groups excluding tert-OH is 1. The smallest absolute Gasteiger partial charge is 0.481 e. The van der Waals surface area contributed by atoms with Gasteiger partial charge in [0, 0.05) is 13.5 Å². The summed E-state index contributed by atoms with van der Waals surface area (Å²) in [5.74, 6) is 0. The molecular weight excluding hydrogens is 369 g/mol. The molecule has 0 aromatic heterocycles. The van der Waals surface area contributed by atoms with E-state index in [1.807, 2.05) is 0 Å². The summed E-state index contributed by atoms with van der Waals surface area (Å²) in [6.45, 7) is 1.10. The van der Waals surface area contributed by atoms with Crippen molar-refractivity contribution in [2.24, 2.45) is 0 Å². The molecule has 1 aliphatic heterocycles. The normalized spacial score (nSPS) is 31.6. The molecule has 22 heavy (non-hydrogen) atoms. The van der Waals surface area contributed by atoms with Crippen molar-refractivity contribution in [3.8, 4) is 0 Å². The van der Waals surface area contributed by atoms with Crippen LogP contribution >= 0.6 is 23.5 Å². The summed E-state index contributed by atoms with van der Waals surface area (Å²) in [6.07, 6.45) is -1.88. The zero-order valence-electron chi connectivity index (χ0n) is 11.4. The number of phosphoric ester groups is 1. The van der Waals surface area contributed by atoms with Crippen molar-refractivity contribution in [3.05, 3.63) is 0 Å². The SMILES string of the molecule is COP(=O)(OC[C@H]1O[C@@H](C)C[C@H]1O)OP(=O)([O-])OP(=O)([O-])[O-]. The van der Waals surface area contributed by atoms with E-state index in [0.29, 0.717) is 0 Å². The first kappa shape index (κ1) is 20.4. The van der Waals surface area contributed by atoms with Crippen molar-refractivity contribution in [2.75, 3.05) is 13.7 Å². The predicted octanol–water partition coefficient (Wildman–Crippen LogP) is -1.37. The van der Waals surface area contributed by atoms with Crippen molar-refractivity contribution < 1.29 is 55.9 Å². The van der Waals surface area contributed by atoms with Gasteiger partial charge in [0.2, 0.25) is 0 Å². The van der Waals surface area contributed by atoms with E-state index in [0.717, 1.165) is 7.11 Å². The molecule has 1 fully saturated rings. The molecule has 15 heteroatoms. The van der Waals surface area contributed by atoms with E-state index >= 15 is 0 Å². The Morgan fingerprint density at radius 1 is 1.23 bits per heavy atom. The average molecular weight is 383 g/mol. The molecular formula is C7H14O12P3-3. The highest BCUT2D eigenvalue weighted by Gasteiger charge is 2.37. The lowest BCUT2D eigenvalue weighted by molar-refractivity contribution is -0.339. The Balaban J connectivity index is 2.66. The molecule has 0 aromatic rings. The average Bonchev–Trinajstić information content (AvgIpc) is 2.61. The Kier molecular flexibility index (Phi) is 6.93. The third kappa shape index (κ3) is 6.84. The van der Waals surface area contributed by atoms with E-state index in [4.69, 9.17) is 4.74 Å². The van der Waals surface area contributed by atoms with Gasteiger partial charge in [-0.15, -0.1) is 0 Å². The highest BCUT2D eigenvalue weighted by Crippen LogP contribution is 2.64. The third-order valence-electron chi connectivity index (χ3n) is 2.43. The third-order valence-corrected chi connectivity index (χ3v) is 6.54. The van der Waals surface area contributed by atoms with E-state index in [1.54, 1.807) is 6.92 Å². The Hall–Kier alpha value is 0.330. The second-order valence-corrected chi connectivity index (χ2v) is 8.88. The van der Waals surface area contributed by atoms with Crippen LogP contribution in [0.5, 0.6) is 0 Å². The van der Waals surface area contributed by atoms with Crippen LogP contribution in [-0.2, 0) is 36.1 Å². The quantitative estimate of drug-likeness (QED) is 0.485. The molecule has 5 atom stereocenters. The summed E-state index contributed by atoms with van der Waals surface area (Å²) >= 11 is 0. The maximum Gasteiger partial charge on any atom is 0.481 e. The molecule has 1 heterocycles. The van der Waals surface area contributed by atoms with Crippen LogP contribution in [0.25, 0.3) is 0 Å². The lowest BCUT2D eigenvalue weighted by atomic mass is 10.1. The topological polar surface area (TPSA) is 187 Å². The molecule has 1 saturated heterocycles. The maximum absolute atomic E-state index is 11.9. The molecule has 0 radical (unpaired) electrons. The monoisotopic (exact) mass is 383 g/mol. The van der Waals surface area contributed by atoms with Crippen molar-refractivity contribution in [1.29, 1.82) is 0 Å². The molecule has 0 bridgehead atoms. The number of hydrogen-bond donors (Lipinski definition) is 1. The lowest BCUT2D eigenvalue weighted by Gasteiger charge is -2.35. The minimum absolute atomic E-state index is 0.283. The van der Waals surface area contributed by atoms with Gasteiger partial charge in [-0.25, -0.2) is 8.88 Å². The van der Waals surface area contributed by atoms with Crippen LogP contribution in [0.2, 0.25) is 0 Å². The van der Waals surface area contributed by atoms with Crippen molar-refractivity contribution in [2.45, 2.75) is 31.7 Å². The van der Waals surface area contributed by atoms with Crippen molar-refractivity contribution in [1.82, 2.24) is 0 Å². The summed E-state index contributed by atoms with van der Waals surface area (Å²) in [7, 11) is -15.8. The fourth-order valence-corrected chi connectivity index (χ4v) is 4.86. The zero-order chi connectivity index (χ0) is 17.2. The zero-order valence-corrected chi connectivity index (χ0v) is 14.1. The van der Waals surface area contributed by atoms with E-state index in [2.05, 4.69) is 17.7 Å². The predicted molar refractivity (Wildman–Crippen MR) is 62.9 cm³/mol. The minimum atomic E-state index is -5.94.